The van der Waals surface area contributed by atoms with E-state index < -0.39 is 14.6 Å². The van der Waals surface area contributed by atoms with Crippen molar-refractivity contribution in [1.82, 2.24) is 0 Å². The summed E-state index contributed by atoms with van der Waals surface area (Å²) in [5.41, 5.74) is 2.22. The molecule has 4 atom stereocenters. The molecule has 0 aliphatic heterocycles. The van der Waals surface area contributed by atoms with Gasteiger partial charge in [-0.05, 0) is 56.6 Å². The highest BCUT2D eigenvalue weighted by Crippen LogP contribution is 2.69. The summed E-state index contributed by atoms with van der Waals surface area (Å²) in [7, 11) is -3.24. The van der Waals surface area contributed by atoms with Gasteiger partial charge in [-0.1, -0.05) is 36.8 Å². The number of benzene rings is 1. The zero-order valence-electron chi connectivity index (χ0n) is 12.4. The van der Waals surface area contributed by atoms with Crippen molar-refractivity contribution in [1.29, 1.82) is 0 Å². The van der Waals surface area contributed by atoms with Crippen LogP contribution in [0, 0.1) is 24.7 Å². The molecule has 0 N–H and O–H groups in total. The Bertz CT molecular complexity index is 657. The third kappa shape index (κ3) is 1.65. The van der Waals surface area contributed by atoms with E-state index in [2.05, 4.69) is 13.5 Å². The topological polar surface area (TPSA) is 34.1 Å². The molecule has 20 heavy (non-hydrogen) atoms. The molecular formula is C17H22O2S. The first kappa shape index (κ1) is 13.9. The van der Waals surface area contributed by atoms with Crippen molar-refractivity contribution in [3.63, 3.8) is 0 Å². The average Bonchev–Trinajstić information content (AvgIpc) is 2.80. The standard InChI is InChI=1S/C17H22O2S/c1-11(2)14-9-16-13(4)17(16,10-14)20(18,19)15-7-5-12(3)6-8-15/h5-8,13-14,16H,1,9-10H2,2-4H3/t13-,14-,16-,17-/m0/s1. The lowest BCUT2D eigenvalue weighted by Crippen LogP contribution is -2.26. The van der Waals surface area contributed by atoms with Gasteiger partial charge in [0.15, 0.2) is 9.84 Å². The highest BCUT2D eigenvalue weighted by atomic mass is 32.2. The van der Waals surface area contributed by atoms with Crippen LogP contribution >= 0.6 is 0 Å². The molecule has 0 amide bonds. The summed E-state index contributed by atoms with van der Waals surface area (Å²) in [6.45, 7) is 10.1. The number of rotatable bonds is 3. The fourth-order valence-electron chi connectivity index (χ4n) is 4.07. The molecule has 0 bridgehead atoms. The fourth-order valence-corrected chi connectivity index (χ4v) is 6.71. The van der Waals surface area contributed by atoms with E-state index in [0.717, 1.165) is 24.0 Å². The Balaban J connectivity index is 2.00. The molecule has 3 rings (SSSR count). The fraction of sp³-hybridized carbons (Fsp3) is 0.529. The predicted octanol–water partition coefficient (Wildman–Crippen LogP) is 3.76. The smallest absolute Gasteiger partial charge is 0.184 e. The second-order valence-electron chi connectivity index (χ2n) is 6.65. The second kappa shape index (κ2) is 4.20. The second-order valence-corrected chi connectivity index (χ2v) is 8.89. The Labute approximate surface area is 121 Å². The molecule has 0 spiro atoms. The van der Waals surface area contributed by atoms with Gasteiger partial charge < -0.3 is 0 Å². The van der Waals surface area contributed by atoms with Crippen LogP contribution in [0.2, 0.25) is 0 Å². The molecule has 108 valence electrons. The average molecular weight is 290 g/mol. The lowest BCUT2D eigenvalue weighted by molar-refractivity contribution is 0.503. The summed E-state index contributed by atoms with van der Waals surface area (Å²) >= 11 is 0. The summed E-state index contributed by atoms with van der Waals surface area (Å²) in [6.07, 6.45) is 1.74. The molecule has 1 aromatic carbocycles. The molecule has 3 heteroatoms. The SMILES string of the molecule is C=C(C)[C@H]1C[C@H]2[C@H](C)[C@@]2(S(=O)(=O)c2ccc(C)cc2)C1. The van der Waals surface area contributed by atoms with Crippen LogP contribution in [0.3, 0.4) is 0 Å². The third-order valence-electron chi connectivity index (χ3n) is 5.53. The maximum Gasteiger partial charge on any atom is 0.184 e. The third-order valence-corrected chi connectivity index (χ3v) is 8.26. The van der Waals surface area contributed by atoms with Crippen LogP contribution in [-0.4, -0.2) is 13.2 Å². The Hall–Kier alpha value is -1.09. The van der Waals surface area contributed by atoms with Gasteiger partial charge in [-0.3, -0.25) is 0 Å². The van der Waals surface area contributed by atoms with Crippen LogP contribution in [0.25, 0.3) is 0 Å². The van der Waals surface area contributed by atoms with Crippen molar-refractivity contribution < 1.29 is 8.42 Å². The van der Waals surface area contributed by atoms with Crippen LogP contribution < -0.4 is 0 Å². The van der Waals surface area contributed by atoms with Gasteiger partial charge >= 0.3 is 0 Å². The summed E-state index contributed by atoms with van der Waals surface area (Å²) in [5, 5.41) is 0. The van der Waals surface area contributed by atoms with Gasteiger partial charge in [0.25, 0.3) is 0 Å². The Morgan fingerprint density at radius 2 is 1.90 bits per heavy atom. The van der Waals surface area contributed by atoms with Crippen LogP contribution in [0.15, 0.2) is 41.3 Å². The first-order valence-electron chi connectivity index (χ1n) is 7.27. The molecular weight excluding hydrogens is 268 g/mol. The molecule has 2 saturated carbocycles. The lowest BCUT2D eigenvalue weighted by atomic mass is 9.94. The molecule has 0 radical (unpaired) electrons. The van der Waals surface area contributed by atoms with Gasteiger partial charge in [-0.2, -0.15) is 0 Å². The van der Waals surface area contributed by atoms with Crippen molar-refractivity contribution in [3.8, 4) is 0 Å². The molecule has 1 aromatic rings. The summed E-state index contributed by atoms with van der Waals surface area (Å²) < 4.78 is 25.6. The number of sulfone groups is 1. The molecule has 2 nitrogen and oxygen atoms in total. The molecule has 2 aliphatic rings. The highest BCUT2D eigenvalue weighted by Gasteiger charge is 2.73. The molecule has 0 aromatic heterocycles. The van der Waals surface area contributed by atoms with E-state index in [1.165, 1.54) is 0 Å². The van der Waals surface area contributed by atoms with E-state index in [9.17, 15) is 8.42 Å². The maximum absolute atomic E-state index is 13.1. The zero-order valence-corrected chi connectivity index (χ0v) is 13.2. The van der Waals surface area contributed by atoms with Crippen LogP contribution in [-0.2, 0) is 9.84 Å². The van der Waals surface area contributed by atoms with Crippen molar-refractivity contribution in [3.05, 3.63) is 42.0 Å². The van der Waals surface area contributed by atoms with E-state index in [1.54, 1.807) is 12.1 Å². The van der Waals surface area contributed by atoms with Gasteiger partial charge in [0, 0.05) is 0 Å². The van der Waals surface area contributed by atoms with Crippen molar-refractivity contribution in [2.45, 2.75) is 43.3 Å². The van der Waals surface area contributed by atoms with Gasteiger partial charge in [0.05, 0.1) is 9.64 Å². The van der Waals surface area contributed by atoms with Crippen molar-refractivity contribution >= 4 is 9.84 Å². The van der Waals surface area contributed by atoms with Crippen LogP contribution in [0.1, 0.15) is 32.3 Å². The normalized spacial score (nSPS) is 35.6. The van der Waals surface area contributed by atoms with Crippen LogP contribution in [0.5, 0.6) is 0 Å². The number of allylic oxidation sites excluding steroid dienone is 1. The first-order valence-corrected chi connectivity index (χ1v) is 8.75. The van der Waals surface area contributed by atoms with E-state index in [1.807, 2.05) is 26.0 Å². The molecule has 0 heterocycles. The van der Waals surface area contributed by atoms with E-state index in [4.69, 9.17) is 0 Å². The quantitative estimate of drug-likeness (QED) is 0.794. The Morgan fingerprint density at radius 1 is 1.30 bits per heavy atom. The number of aryl methyl sites for hydroxylation is 1. The monoisotopic (exact) mass is 290 g/mol. The molecule has 2 fully saturated rings. The maximum atomic E-state index is 13.1. The number of hydrogen-bond acceptors (Lipinski definition) is 2. The highest BCUT2D eigenvalue weighted by molar-refractivity contribution is 7.93. The van der Waals surface area contributed by atoms with Crippen molar-refractivity contribution in [2.24, 2.45) is 17.8 Å². The largest absolute Gasteiger partial charge is 0.223 e. The predicted molar refractivity (Wildman–Crippen MR) is 81.3 cm³/mol. The summed E-state index contributed by atoms with van der Waals surface area (Å²) in [5.74, 6) is 0.969. The Morgan fingerprint density at radius 3 is 2.45 bits per heavy atom. The van der Waals surface area contributed by atoms with Gasteiger partial charge in [0.1, 0.15) is 0 Å². The minimum absolute atomic E-state index is 0.282. The number of hydrogen-bond donors (Lipinski definition) is 0. The van der Waals surface area contributed by atoms with Gasteiger partial charge in [-0.25, -0.2) is 8.42 Å². The Kier molecular flexibility index (Phi) is 2.91. The molecule has 2 aliphatic carbocycles. The van der Waals surface area contributed by atoms with Crippen molar-refractivity contribution in [2.75, 3.05) is 0 Å². The van der Waals surface area contributed by atoms with Crippen LogP contribution in [0.4, 0.5) is 0 Å². The van der Waals surface area contributed by atoms with Gasteiger partial charge in [-0.15, -0.1) is 0 Å². The minimum Gasteiger partial charge on any atom is -0.223 e. The minimum atomic E-state index is -3.24. The summed E-state index contributed by atoms with van der Waals surface area (Å²) in [6, 6.07) is 7.29. The lowest BCUT2D eigenvalue weighted by Gasteiger charge is -2.19. The summed E-state index contributed by atoms with van der Waals surface area (Å²) in [4.78, 5) is 0.486. The van der Waals surface area contributed by atoms with E-state index >= 15 is 0 Å². The number of fused-ring (bicyclic) bond motifs is 1. The molecule has 0 saturated heterocycles. The zero-order chi connectivity index (χ0) is 14.7. The molecule has 0 unspecified atom stereocenters. The van der Waals surface area contributed by atoms with Gasteiger partial charge in [0.2, 0.25) is 0 Å². The van der Waals surface area contributed by atoms with E-state index in [0.29, 0.717) is 16.7 Å². The van der Waals surface area contributed by atoms with E-state index in [-0.39, 0.29) is 5.92 Å². The first-order chi connectivity index (χ1) is 9.30.